The van der Waals surface area contributed by atoms with Crippen molar-refractivity contribution < 1.29 is 4.79 Å². The zero-order chi connectivity index (χ0) is 14.0. The highest BCUT2D eigenvalue weighted by Gasteiger charge is 2.37. The Morgan fingerprint density at radius 3 is 2.68 bits per heavy atom. The molecule has 3 atom stereocenters. The van der Waals surface area contributed by atoms with Gasteiger partial charge in [-0.15, -0.1) is 0 Å². The van der Waals surface area contributed by atoms with Crippen LogP contribution in [-0.2, 0) is 4.79 Å². The number of nitrogens with zero attached hydrogens (tertiary/aromatic N) is 1. The number of benzene rings is 1. The smallest absolute Gasteiger partial charge is 0.241 e. The predicted octanol–water partition coefficient (Wildman–Crippen LogP) is 2.86. The van der Waals surface area contributed by atoms with Gasteiger partial charge in [-0.2, -0.15) is 0 Å². The van der Waals surface area contributed by atoms with Gasteiger partial charge < -0.3 is 4.90 Å². The van der Waals surface area contributed by atoms with E-state index in [4.69, 9.17) is 0 Å². The Morgan fingerprint density at radius 1 is 1.37 bits per heavy atom. The van der Waals surface area contributed by atoms with Crippen molar-refractivity contribution in [3.8, 4) is 0 Å². The molecule has 1 aliphatic rings. The topological polar surface area (TPSA) is 32.3 Å². The van der Waals surface area contributed by atoms with Crippen LogP contribution < -0.4 is 5.32 Å². The van der Waals surface area contributed by atoms with E-state index < -0.39 is 0 Å². The molecule has 0 saturated carbocycles. The largest absolute Gasteiger partial charge is 0.321 e. The summed E-state index contributed by atoms with van der Waals surface area (Å²) in [5.41, 5.74) is 2.44. The minimum atomic E-state index is -0.0892. The molecule has 1 aromatic carbocycles. The summed E-state index contributed by atoms with van der Waals surface area (Å²) in [7, 11) is 0. The van der Waals surface area contributed by atoms with Crippen molar-refractivity contribution in [2.45, 2.75) is 46.3 Å². The zero-order valence-electron chi connectivity index (χ0n) is 12.3. The summed E-state index contributed by atoms with van der Waals surface area (Å²) in [5.74, 6) is 0.746. The molecule has 3 nitrogen and oxygen atoms in total. The van der Waals surface area contributed by atoms with Crippen LogP contribution in [0.1, 0.15) is 44.5 Å². The number of rotatable bonds is 4. The summed E-state index contributed by atoms with van der Waals surface area (Å²) < 4.78 is 0. The molecule has 1 amide bonds. The summed E-state index contributed by atoms with van der Waals surface area (Å²) in [4.78, 5) is 14.3. The predicted molar refractivity (Wildman–Crippen MR) is 77.7 cm³/mol. The van der Waals surface area contributed by atoms with Gasteiger partial charge in [0.2, 0.25) is 5.91 Å². The van der Waals surface area contributed by atoms with Crippen molar-refractivity contribution in [3.63, 3.8) is 0 Å². The number of hydrogen-bond acceptors (Lipinski definition) is 2. The van der Waals surface area contributed by atoms with Crippen LogP contribution in [0, 0.1) is 12.8 Å². The minimum absolute atomic E-state index is 0.0256. The van der Waals surface area contributed by atoms with Gasteiger partial charge in [-0.1, -0.05) is 44.5 Å². The summed E-state index contributed by atoms with van der Waals surface area (Å²) >= 11 is 0. The standard InChI is InChI=1S/C16H24N2O/c1-5-11(2)10-18-15(17-13(4)16(18)19)14-9-7-6-8-12(14)3/h6-9,11,13,15,17H,5,10H2,1-4H3. The summed E-state index contributed by atoms with van der Waals surface area (Å²) in [5, 5.41) is 3.42. The molecule has 1 N–H and O–H groups in total. The van der Waals surface area contributed by atoms with Crippen molar-refractivity contribution in [2.75, 3.05) is 6.54 Å². The van der Waals surface area contributed by atoms with E-state index in [0.29, 0.717) is 5.92 Å². The van der Waals surface area contributed by atoms with Gasteiger partial charge in [0, 0.05) is 6.54 Å². The van der Waals surface area contributed by atoms with Gasteiger partial charge in [0.25, 0.3) is 0 Å². The molecule has 0 spiro atoms. The van der Waals surface area contributed by atoms with E-state index in [9.17, 15) is 4.79 Å². The van der Waals surface area contributed by atoms with E-state index in [0.717, 1.165) is 13.0 Å². The highest BCUT2D eigenvalue weighted by atomic mass is 16.2. The third kappa shape index (κ3) is 2.81. The lowest BCUT2D eigenvalue weighted by molar-refractivity contribution is -0.130. The van der Waals surface area contributed by atoms with Crippen molar-refractivity contribution in [1.29, 1.82) is 0 Å². The van der Waals surface area contributed by atoms with Crippen LogP contribution in [0.4, 0.5) is 0 Å². The van der Waals surface area contributed by atoms with E-state index in [1.165, 1.54) is 11.1 Å². The highest BCUT2D eigenvalue weighted by Crippen LogP contribution is 2.28. The monoisotopic (exact) mass is 260 g/mol. The van der Waals surface area contributed by atoms with Gasteiger partial charge in [0.1, 0.15) is 6.17 Å². The molecule has 3 heteroatoms. The lowest BCUT2D eigenvalue weighted by Gasteiger charge is -2.28. The third-order valence-corrected chi connectivity index (χ3v) is 4.06. The average Bonchev–Trinajstić information content (AvgIpc) is 2.67. The van der Waals surface area contributed by atoms with E-state index in [2.05, 4.69) is 38.2 Å². The van der Waals surface area contributed by atoms with Crippen molar-refractivity contribution in [2.24, 2.45) is 5.92 Å². The SMILES string of the molecule is CCC(C)CN1C(=O)C(C)NC1c1ccccc1C. The molecule has 2 rings (SSSR count). The van der Waals surface area contributed by atoms with E-state index in [1.807, 2.05) is 24.0 Å². The first-order valence-electron chi connectivity index (χ1n) is 7.16. The van der Waals surface area contributed by atoms with E-state index in [-0.39, 0.29) is 18.1 Å². The Bertz CT molecular complexity index is 458. The van der Waals surface area contributed by atoms with Crippen molar-refractivity contribution in [1.82, 2.24) is 10.2 Å². The molecule has 19 heavy (non-hydrogen) atoms. The fourth-order valence-corrected chi connectivity index (χ4v) is 2.59. The van der Waals surface area contributed by atoms with E-state index >= 15 is 0 Å². The Hall–Kier alpha value is -1.35. The van der Waals surface area contributed by atoms with Crippen LogP contribution in [0.3, 0.4) is 0 Å². The first kappa shape index (κ1) is 14.1. The molecule has 1 fully saturated rings. The van der Waals surface area contributed by atoms with Crippen LogP contribution in [0.25, 0.3) is 0 Å². The normalized spacial score (nSPS) is 24.8. The fraction of sp³-hybridized carbons (Fsp3) is 0.562. The van der Waals surface area contributed by atoms with Gasteiger partial charge in [-0.25, -0.2) is 0 Å². The lowest BCUT2D eigenvalue weighted by atomic mass is 10.0. The Balaban J connectivity index is 2.27. The first-order chi connectivity index (χ1) is 9.04. The molecule has 1 saturated heterocycles. The number of carbonyl (C=O) groups excluding carboxylic acids is 1. The minimum Gasteiger partial charge on any atom is -0.321 e. The second-order valence-electron chi connectivity index (χ2n) is 5.65. The second kappa shape index (κ2) is 5.74. The molecule has 1 heterocycles. The number of aryl methyl sites for hydroxylation is 1. The first-order valence-corrected chi connectivity index (χ1v) is 7.16. The average molecular weight is 260 g/mol. The summed E-state index contributed by atoms with van der Waals surface area (Å²) in [6.07, 6.45) is 1.12. The van der Waals surface area contributed by atoms with Gasteiger partial charge >= 0.3 is 0 Å². The number of hydrogen-bond donors (Lipinski definition) is 1. The maximum absolute atomic E-state index is 12.3. The van der Waals surface area contributed by atoms with Gasteiger partial charge in [-0.05, 0) is 30.9 Å². The molecule has 104 valence electrons. The molecule has 3 unspecified atom stereocenters. The molecule has 1 aromatic rings. The van der Waals surface area contributed by atoms with Gasteiger partial charge in [0.05, 0.1) is 6.04 Å². The highest BCUT2D eigenvalue weighted by molar-refractivity contribution is 5.84. The molecule has 1 aliphatic heterocycles. The van der Waals surface area contributed by atoms with Gasteiger partial charge in [-0.3, -0.25) is 10.1 Å². The van der Waals surface area contributed by atoms with Crippen LogP contribution in [-0.4, -0.2) is 23.4 Å². The van der Waals surface area contributed by atoms with Crippen LogP contribution in [0.2, 0.25) is 0 Å². The van der Waals surface area contributed by atoms with Crippen LogP contribution in [0.5, 0.6) is 0 Å². The lowest BCUT2D eigenvalue weighted by Crippen LogP contribution is -2.34. The molecular formula is C16H24N2O. The molecular weight excluding hydrogens is 236 g/mol. The Labute approximate surface area is 116 Å². The summed E-state index contributed by atoms with van der Waals surface area (Å²) in [6, 6.07) is 8.21. The fourth-order valence-electron chi connectivity index (χ4n) is 2.59. The quantitative estimate of drug-likeness (QED) is 0.903. The Morgan fingerprint density at radius 2 is 2.05 bits per heavy atom. The second-order valence-corrected chi connectivity index (χ2v) is 5.65. The summed E-state index contributed by atoms with van der Waals surface area (Å²) in [6.45, 7) is 9.25. The maximum Gasteiger partial charge on any atom is 0.241 e. The van der Waals surface area contributed by atoms with E-state index in [1.54, 1.807) is 0 Å². The van der Waals surface area contributed by atoms with Crippen LogP contribution >= 0.6 is 0 Å². The number of carbonyl (C=O) groups is 1. The van der Waals surface area contributed by atoms with Gasteiger partial charge in [0.15, 0.2) is 0 Å². The number of nitrogens with one attached hydrogen (secondary N) is 1. The molecule has 0 radical (unpaired) electrons. The zero-order valence-corrected chi connectivity index (χ0v) is 12.3. The molecule has 0 aromatic heterocycles. The van der Waals surface area contributed by atoms with Crippen molar-refractivity contribution in [3.05, 3.63) is 35.4 Å². The molecule has 0 aliphatic carbocycles. The number of amides is 1. The maximum atomic E-state index is 12.3. The van der Waals surface area contributed by atoms with Crippen molar-refractivity contribution >= 4 is 5.91 Å². The van der Waals surface area contributed by atoms with Crippen LogP contribution in [0.15, 0.2) is 24.3 Å². The third-order valence-electron chi connectivity index (χ3n) is 4.06. The molecule has 0 bridgehead atoms. The Kier molecular flexibility index (Phi) is 4.25.